The Hall–Kier alpha value is -1.42. The van der Waals surface area contributed by atoms with E-state index >= 15 is 0 Å². The van der Waals surface area contributed by atoms with E-state index in [1.807, 2.05) is 0 Å². The number of hydrogen-bond acceptors (Lipinski definition) is 5. The summed E-state index contributed by atoms with van der Waals surface area (Å²) >= 11 is 0. The monoisotopic (exact) mass is 344 g/mol. The maximum atomic E-state index is 12.2. The molecule has 1 fully saturated rings. The lowest BCUT2D eigenvalue weighted by atomic mass is 10.4. The maximum absolute atomic E-state index is 12.2. The number of nitrogens with zero attached hydrogens (tertiary/aromatic N) is 1. The van der Waals surface area contributed by atoms with Crippen molar-refractivity contribution in [2.24, 2.45) is 0 Å². The number of amides is 1. The van der Waals surface area contributed by atoms with Gasteiger partial charge in [0.05, 0.1) is 6.61 Å². The smallest absolute Gasteiger partial charge is 0.270 e. The van der Waals surface area contributed by atoms with Gasteiger partial charge in [0, 0.05) is 46.0 Å². The molecule has 0 spiro atoms. The van der Waals surface area contributed by atoms with E-state index in [2.05, 4.69) is 15.0 Å². The summed E-state index contributed by atoms with van der Waals surface area (Å²) in [6, 6.07) is 1.39. The molecule has 1 amide bonds. The highest BCUT2D eigenvalue weighted by molar-refractivity contribution is 7.89. The summed E-state index contributed by atoms with van der Waals surface area (Å²) in [5.74, 6) is -0.148. The lowest BCUT2D eigenvalue weighted by molar-refractivity contribution is 0.0787. The van der Waals surface area contributed by atoms with Crippen LogP contribution in [0.15, 0.2) is 17.2 Å². The topological polar surface area (TPSA) is 104 Å². The number of carbonyl (C=O) groups is 1. The Morgan fingerprint density at radius 1 is 1.30 bits per heavy atom. The molecule has 0 radical (unpaired) electrons. The van der Waals surface area contributed by atoms with Gasteiger partial charge >= 0.3 is 0 Å². The number of carbonyl (C=O) groups excluding carboxylic acids is 1. The van der Waals surface area contributed by atoms with Crippen LogP contribution in [0.25, 0.3) is 0 Å². The number of ether oxygens (including phenoxy) is 1. The molecule has 0 unspecified atom stereocenters. The van der Waals surface area contributed by atoms with E-state index in [4.69, 9.17) is 4.74 Å². The summed E-state index contributed by atoms with van der Waals surface area (Å²) in [5.41, 5.74) is 0.311. The van der Waals surface area contributed by atoms with Gasteiger partial charge in [-0.05, 0) is 18.9 Å². The molecule has 0 aliphatic carbocycles. The molecule has 0 atom stereocenters. The van der Waals surface area contributed by atoms with Crippen LogP contribution in [0.5, 0.6) is 0 Å². The van der Waals surface area contributed by atoms with Crippen LogP contribution in [0.4, 0.5) is 0 Å². The first kappa shape index (κ1) is 17.9. The largest absolute Gasteiger partial charge is 0.383 e. The minimum Gasteiger partial charge on any atom is -0.383 e. The van der Waals surface area contributed by atoms with Gasteiger partial charge < -0.3 is 19.9 Å². The van der Waals surface area contributed by atoms with E-state index in [1.54, 1.807) is 12.0 Å². The minimum absolute atomic E-state index is 0.0805. The number of nitrogens with one attached hydrogen (secondary N) is 3. The van der Waals surface area contributed by atoms with Gasteiger partial charge in [-0.3, -0.25) is 4.79 Å². The molecular weight excluding hydrogens is 320 g/mol. The molecule has 1 aliphatic rings. The molecule has 1 aromatic heterocycles. The molecule has 8 nitrogen and oxygen atoms in total. The van der Waals surface area contributed by atoms with Gasteiger partial charge in [-0.2, -0.15) is 0 Å². The third-order valence-electron chi connectivity index (χ3n) is 3.67. The molecule has 1 aliphatic heterocycles. The van der Waals surface area contributed by atoms with E-state index in [0.29, 0.717) is 25.4 Å². The Kier molecular flexibility index (Phi) is 6.58. The number of aromatic nitrogens is 1. The number of H-pyrrole nitrogens is 1. The zero-order chi connectivity index (χ0) is 16.7. The number of likely N-dealkylation sites (tertiary alicyclic amines) is 1. The Morgan fingerprint density at radius 2 is 2.04 bits per heavy atom. The van der Waals surface area contributed by atoms with Gasteiger partial charge in [0.2, 0.25) is 10.0 Å². The molecule has 0 bridgehead atoms. The lowest BCUT2D eigenvalue weighted by Crippen LogP contribution is -2.33. The average molecular weight is 344 g/mol. The van der Waals surface area contributed by atoms with E-state index in [9.17, 15) is 13.2 Å². The Morgan fingerprint density at radius 3 is 2.74 bits per heavy atom. The van der Waals surface area contributed by atoms with Crippen molar-refractivity contribution in [3.8, 4) is 0 Å². The minimum atomic E-state index is -3.61. The number of sulfonamides is 1. The van der Waals surface area contributed by atoms with Gasteiger partial charge in [-0.25, -0.2) is 13.1 Å². The first-order valence-electron chi connectivity index (χ1n) is 7.71. The number of methoxy groups -OCH3 is 1. The molecule has 2 heterocycles. The second-order valence-corrected chi connectivity index (χ2v) is 7.16. The third kappa shape index (κ3) is 5.03. The summed E-state index contributed by atoms with van der Waals surface area (Å²) in [4.78, 5) is 16.8. The summed E-state index contributed by atoms with van der Waals surface area (Å²) in [5, 5.41) is 3.05. The zero-order valence-corrected chi connectivity index (χ0v) is 14.1. The highest BCUT2D eigenvalue weighted by Gasteiger charge is 2.23. The fourth-order valence-corrected chi connectivity index (χ4v) is 3.42. The molecule has 9 heteroatoms. The molecule has 130 valence electrons. The SMILES string of the molecule is COCCNCCNS(=O)(=O)c1c[nH]c(C(=O)N2CCCC2)c1. The van der Waals surface area contributed by atoms with Crippen molar-refractivity contribution < 1.29 is 17.9 Å². The van der Waals surface area contributed by atoms with Gasteiger partial charge in [0.1, 0.15) is 10.6 Å². The molecule has 1 aromatic rings. The van der Waals surface area contributed by atoms with Gasteiger partial charge in [-0.1, -0.05) is 0 Å². The van der Waals surface area contributed by atoms with Crippen LogP contribution in [-0.4, -0.2) is 70.6 Å². The Bertz CT molecular complexity index is 608. The summed E-state index contributed by atoms with van der Waals surface area (Å²) in [7, 11) is -2.00. The van der Waals surface area contributed by atoms with E-state index < -0.39 is 10.0 Å². The van der Waals surface area contributed by atoms with Crippen molar-refractivity contribution in [1.82, 2.24) is 19.9 Å². The van der Waals surface area contributed by atoms with Crippen molar-refractivity contribution in [3.63, 3.8) is 0 Å². The summed E-state index contributed by atoms with van der Waals surface area (Å²) < 4.78 is 31.7. The second kappa shape index (κ2) is 8.44. The van der Waals surface area contributed by atoms with Crippen molar-refractivity contribution >= 4 is 15.9 Å². The highest BCUT2D eigenvalue weighted by Crippen LogP contribution is 2.15. The van der Waals surface area contributed by atoms with Crippen LogP contribution < -0.4 is 10.0 Å². The van der Waals surface area contributed by atoms with Crippen LogP contribution in [0.1, 0.15) is 23.3 Å². The predicted molar refractivity (Wildman–Crippen MR) is 85.9 cm³/mol. The van der Waals surface area contributed by atoms with E-state index in [0.717, 1.165) is 25.9 Å². The van der Waals surface area contributed by atoms with Gasteiger partial charge in [0.25, 0.3) is 5.91 Å². The number of rotatable bonds is 9. The van der Waals surface area contributed by atoms with Crippen molar-refractivity contribution in [2.45, 2.75) is 17.7 Å². The van der Waals surface area contributed by atoms with Crippen LogP contribution in [0.3, 0.4) is 0 Å². The molecular formula is C14H24N4O4S. The van der Waals surface area contributed by atoms with Crippen molar-refractivity contribution in [3.05, 3.63) is 18.0 Å². The normalized spacial score (nSPS) is 15.3. The highest BCUT2D eigenvalue weighted by atomic mass is 32.2. The maximum Gasteiger partial charge on any atom is 0.270 e. The molecule has 2 rings (SSSR count). The van der Waals surface area contributed by atoms with Crippen LogP contribution in [-0.2, 0) is 14.8 Å². The molecule has 1 saturated heterocycles. The van der Waals surface area contributed by atoms with Crippen LogP contribution >= 0.6 is 0 Å². The fourth-order valence-electron chi connectivity index (χ4n) is 2.40. The number of aromatic amines is 1. The van der Waals surface area contributed by atoms with Crippen molar-refractivity contribution in [1.29, 1.82) is 0 Å². The van der Waals surface area contributed by atoms with E-state index in [-0.39, 0.29) is 17.3 Å². The number of hydrogen-bond donors (Lipinski definition) is 3. The lowest BCUT2D eigenvalue weighted by Gasteiger charge is -2.13. The Labute approximate surface area is 136 Å². The van der Waals surface area contributed by atoms with Crippen LogP contribution in [0, 0.1) is 0 Å². The third-order valence-corrected chi connectivity index (χ3v) is 5.11. The molecule has 0 aromatic carbocycles. The first-order chi connectivity index (χ1) is 11.0. The Balaban J connectivity index is 1.86. The summed E-state index contributed by atoms with van der Waals surface area (Å²) in [6.07, 6.45) is 3.34. The first-order valence-corrected chi connectivity index (χ1v) is 9.20. The quantitative estimate of drug-likeness (QED) is 0.537. The van der Waals surface area contributed by atoms with Gasteiger partial charge in [0.15, 0.2) is 0 Å². The van der Waals surface area contributed by atoms with Gasteiger partial charge in [-0.15, -0.1) is 0 Å². The van der Waals surface area contributed by atoms with Crippen LogP contribution in [0.2, 0.25) is 0 Å². The zero-order valence-electron chi connectivity index (χ0n) is 13.3. The summed E-state index contributed by atoms with van der Waals surface area (Å²) in [6.45, 7) is 3.47. The predicted octanol–water partition coefficient (Wildman–Crippen LogP) is -0.235. The second-order valence-electron chi connectivity index (χ2n) is 5.39. The standard InChI is InChI=1S/C14H24N4O4S/c1-22-9-6-15-4-5-17-23(20,21)12-10-13(16-11-12)14(19)18-7-2-3-8-18/h10-11,15-17H,2-9H2,1H3. The molecule has 3 N–H and O–H groups in total. The molecule has 23 heavy (non-hydrogen) atoms. The molecule has 0 saturated carbocycles. The average Bonchev–Trinajstić information content (AvgIpc) is 3.21. The van der Waals surface area contributed by atoms with Crippen molar-refractivity contribution in [2.75, 3.05) is 46.4 Å². The van der Waals surface area contributed by atoms with E-state index in [1.165, 1.54) is 12.3 Å². The fraction of sp³-hybridized carbons (Fsp3) is 0.643.